The standard InChI is InChI=1S/C14H28N2O/c1-2-13-6-3-4-9-16(13)10-8-15-12-14-7-5-11-17-14/h13-15H,2-12H2,1H3. The molecule has 2 aliphatic rings. The highest BCUT2D eigenvalue weighted by Gasteiger charge is 2.20. The molecular weight excluding hydrogens is 212 g/mol. The summed E-state index contributed by atoms with van der Waals surface area (Å²) in [5, 5.41) is 3.55. The first-order chi connectivity index (χ1) is 8.40. The lowest BCUT2D eigenvalue weighted by atomic mass is 10.0. The molecule has 17 heavy (non-hydrogen) atoms. The Morgan fingerprint density at radius 2 is 2.18 bits per heavy atom. The molecular formula is C14H28N2O. The Bertz CT molecular complexity index is 204. The molecule has 2 heterocycles. The van der Waals surface area contributed by atoms with Crippen molar-refractivity contribution in [2.75, 3.05) is 32.8 Å². The molecule has 0 aromatic carbocycles. The van der Waals surface area contributed by atoms with Gasteiger partial charge in [0.2, 0.25) is 0 Å². The minimum atomic E-state index is 0.485. The molecule has 100 valence electrons. The summed E-state index contributed by atoms with van der Waals surface area (Å²) in [6.45, 7) is 7.98. The number of likely N-dealkylation sites (tertiary alicyclic amines) is 1. The number of ether oxygens (including phenoxy) is 1. The topological polar surface area (TPSA) is 24.5 Å². The molecule has 0 bridgehead atoms. The zero-order chi connectivity index (χ0) is 11.9. The highest BCUT2D eigenvalue weighted by molar-refractivity contribution is 4.76. The predicted molar refractivity (Wildman–Crippen MR) is 71.3 cm³/mol. The second-order valence-electron chi connectivity index (χ2n) is 5.43. The van der Waals surface area contributed by atoms with Crippen LogP contribution in [0.1, 0.15) is 45.4 Å². The van der Waals surface area contributed by atoms with E-state index < -0.39 is 0 Å². The fourth-order valence-electron chi connectivity index (χ4n) is 3.11. The summed E-state index contributed by atoms with van der Waals surface area (Å²) in [7, 11) is 0. The van der Waals surface area contributed by atoms with Gasteiger partial charge in [0.05, 0.1) is 6.10 Å². The highest BCUT2D eigenvalue weighted by Crippen LogP contribution is 2.18. The second kappa shape index (κ2) is 7.34. The molecule has 0 spiro atoms. The van der Waals surface area contributed by atoms with E-state index in [0.717, 1.165) is 25.7 Å². The SMILES string of the molecule is CCC1CCCCN1CCNCC1CCCO1. The molecule has 3 heteroatoms. The Labute approximate surface area is 106 Å². The molecule has 0 saturated carbocycles. The Morgan fingerprint density at radius 3 is 2.94 bits per heavy atom. The molecule has 0 aromatic rings. The summed E-state index contributed by atoms with van der Waals surface area (Å²) < 4.78 is 5.61. The average Bonchev–Trinajstić information content (AvgIpc) is 2.88. The van der Waals surface area contributed by atoms with Gasteiger partial charge in [0.15, 0.2) is 0 Å². The molecule has 2 atom stereocenters. The number of piperidine rings is 1. The van der Waals surface area contributed by atoms with Crippen molar-refractivity contribution in [2.45, 2.75) is 57.6 Å². The van der Waals surface area contributed by atoms with Crippen LogP contribution in [0.4, 0.5) is 0 Å². The summed E-state index contributed by atoms with van der Waals surface area (Å²) in [5.74, 6) is 0. The quantitative estimate of drug-likeness (QED) is 0.719. The predicted octanol–water partition coefficient (Wildman–Crippen LogP) is 2.02. The van der Waals surface area contributed by atoms with Crippen molar-refractivity contribution in [3.63, 3.8) is 0 Å². The Hall–Kier alpha value is -0.120. The third-order valence-corrected chi connectivity index (χ3v) is 4.19. The van der Waals surface area contributed by atoms with Gasteiger partial charge in [-0.1, -0.05) is 13.3 Å². The maximum absolute atomic E-state index is 5.61. The van der Waals surface area contributed by atoms with Crippen LogP contribution in [-0.2, 0) is 4.74 Å². The minimum Gasteiger partial charge on any atom is -0.377 e. The van der Waals surface area contributed by atoms with Crippen molar-refractivity contribution < 1.29 is 4.74 Å². The maximum atomic E-state index is 5.61. The van der Waals surface area contributed by atoms with Gasteiger partial charge in [-0.15, -0.1) is 0 Å². The molecule has 1 N–H and O–H groups in total. The first-order valence-corrected chi connectivity index (χ1v) is 7.46. The van der Waals surface area contributed by atoms with Crippen LogP contribution in [0.25, 0.3) is 0 Å². The van der Waals surface area contributed by atoms with Crippen LogP contribution in [0.15, 0.2) is 0 Å². The van der Waals surface area contributed by atoms with Crippen LogP contribution in [-0.4, -0.2) is 49.8 Å². The van der Waals surface area contributed by atoms with Gasteiger partial charge in [-0.25, -0.2) is 0 Å². The van der Waals surface area contributed by atoms with Crippen molar-refractivity contribution >= 4 is 0 Å². The van der Waals surface area contributed by atoms with E-state index in [0.29, 0.717) is 6.10 Å². The van der Waals surface area contributed by atoms with Gasteiger partial charge < -0.3 is 10.1 Å². The minimum absolute atomic E-state index is 0.485. The van der Waals surface area contributed by atoms with Gasteiger partial charge in [-0.3, -0.25) is 4.90 Å². The fourth-order valence-corrected chi connectivity index (χ4v) is 3.11. The van der Waals surface area contributed by atoms with E-state index >= 15 is 0 Å². The van der Waals surface area contributed by atoms with E-state index in [2.05, 4.69) is 17.1 Å². The lowest BCUT2D eigenvalue weighted by molar-refractivity contribution is 0.106. The molecule has 2 aliphatic heterocycles. The smallest absolute Gasteiger partial charge is 0.0700 e. The number of hydrogen-bond acceptors (Lipinski definition) is 3. The van der Waals surface area contributed by atoms with Crippen LogP contribution in [0.2, 0.25) is 0 Å². The number of hydrogen-bond donors (Lipinski definition) is 1. The van der Waals surface area contributed by atoms with E-state index in [1.54, 1.807) is 0 Å². The number of rotatable bonds is 6. The molecule has 3 nitrogen and oxygen atoms in total. The van der Waals surface area contributed by atoms with E-state index in [1.165, 1.54) is 51.6 Å². The van der Waals surface area contributed by atoms with Gasteiger partial charge in [-0.2, -0.15) is 0 Å². The zero-order valence-electron chi connectivity index (χ0n) is 11.3. The van der Waals surface area contributed by atoms with Crippen molar-refractivity contribution in [2.24, 2.45) is 0 Å². The number of nitrogens with one attached hydrogen (secondary N) is 1. The Kier molecular flexibility index (Phi) is 5.75. The molecule has 0 amide bonds. The van der Waals surface area contributed by atoms with Gasteiger partial charge in [0, 0.05) is 32.3 Å². The molecule has 2 rings (SSSR count). The molecule has 2 fully saturated rings. The van der Waals surface area contributed by atoms with E-state index in [-0.39, 0.29) is 0 Å². The van der Waals surface area contributed by atoms with Gasteiger partial charge >= 0.3 is 0 Å². The van der Waals surface area contributed by atoms with Crippen LogP contribution in [0, 0.1) is 0 Å². The van der Waals surface area contributed by atoms with Gasteiger partial charge in [0.1, 0.15) is 0 Å². The largest absolute Gasteiger partial charge is 0.377 e. The van der Waals surface area contributed by atoms with Gasteiger partial charge in [-0.05, 0) is 38.6 Å². The fraction of sp³-hybridized carbons (Fsp3) is 1.00. The molecule has 0 aliphatic carbocycles. The second-order valence-corrected chi connectivity index (χ2v) is 5.43. The van der Waals surface area contributed by atoms with Crippen molar-refractivity contribution in [1.82, 2.24) is 10.2 Å². The van der Waals surface area contributed by atoms with Gasteiger partial charge in [0.25, 0.3) is 0 Å². The summed E-state index contributed by atoms with van der Waals surface area (Å²) >= 11 is 0. The first kappa shape index (κ1) is 13.3. The van der Waals surface area contributed by atoms with Crippen molar-refractivity contribution in [3.8, 4) is 0 Å². The van der Waals surface area contributed by atoms with Crippen LogP contribution < -0.4 is 5.32 Å². The molecule has 2 saturated heterocycles. The van der Waals surface area contributed by atoms with E-state index in [4.69, 9.17) is 4.74 Å². The highest BCUT2D eigenvalue weighted by atomic mass is 16.5. The van der Waals surface area contributed by atoms with Crippen molar-refractivity contribution in [3.05, 3.63) is 0 Å². The maximum Gasteiger partial charge on any atom is 0.0700 e. The van der Waals surface area contributed by atoms with Crippen LogP contribution in [0.5, 0.6) is 0 Å². The summed E-state index contributed by atoms with van der Waals surface area (Å²) in [5.41, 5.74) is 0. The third-order valence-electron chi connectivity index (χ3n) is 4.19. The lowest BCUT2D eigenvalue weighted by Gasteiger charge is -2.35. The van der Waals surface area contributed by atoms with E-state index in [1.807, 2.05) is 0 Å². The molecule has 2 unspecified atom stereocenters. The van der Waals surface area contributed by atoms with Crippen LogP contribution >= 0.6 is 0 Å². The Balaban J connectivity index is 1.56. The summed E-state index contributed by atoms with van der Waals surface area (Å²) in [6, 6.07) is 0.841. The molecule has 0 radical (unpaired) electrons. The van der Waals surface area contributed by atoms with Crippen LogP contribution in [0.3, 0.4) is 0 Å². The zero-order valence-corrected chi connectivity index (χ0v) is 11.3. The first-order valence-electron chi connectivity index (χ1n) is 7.46. The van der Waals surface area contributed by atoms with Crippen molar-refractivity contribution in [1.29, 1.82) is 0 Å². The van der Waals surface area contributed by atoms with E-state index in [9.17, 15) is 0 Å². The average molecular weight is 240 g/mol. The molecule has 0 aromatic heterocycles. The normalized spacial score (nSPS) is 30.9. The summed E-state index contributed by atoms with van der Waals surface area (Å²) in [6.07, 6.45) is 8.51. The summed E-state index contributed by atoms with van der Waals surface area (Å²) in [4.78, 5) is 2.67. The Morgan fingerprint density at radius 1 is 1.24 bits per heavy atom. The monoisotopic (exact) mass is 240 g/mol. The lowest BCUT2D eigenvalue weighted by Crippen LogP contribution is -2.43. The third kappa shape index (κ3) is 4.23. The number of nitrogens with zero attached hydrogens (tertiary/aromatic N) is 1.